The number of likely N-dealkylation sites (tertiary alicyclic amines) is 1. The second-order valence-electron chi connectivity index (χ2n) is 4.47. The van der Waals surface area contributed by atoms with Crippen molar-refractivity contribution in [3.8, 4) is 5.75 Å². The second-order valence-corrected chi connectivity index (χ2v) is 4.88. The Morgan fingerprint density at radius 1 is 1.50 bits per heavy atom. The quantitative estimate of drug-likeness (QED) is 0.927. The van der Waals surface area contributed by atoms with Gasteiger partial charge in [-0.3, -0.25) is 4.90 Å². The van der Waals surface area contributed by atoms with Gasteiger partial charge in [-0.1, -0.05) is 17.7 Å². The first-order valence-corrected chi connectivity index (χ1v) is 6.39. The zero-order chi connectivity index (χ0) is 12.3. The average molecular weight is 291 g/mol. The van der Waals surface area contributed by atoms with Gasteiger partial charge in [-0.05, 0) is 37.1 Å². The maximum Gasteiger partial charge on any atom is 0.137 e. The number of rotatable bonds is 4. The molecule has 1 atom stereocenters. The molecule has 1 fully saturated rings. The van der Waals surface area contributed by atoms with Gasteiger partial charge in [0.25, 0.3) is 0 Å². The van der Waals surface area contributed by atoms with E-state index in [0.29, 0.717) is 11.1 Å². The third-order valence-corrected chi connectivity index (χ3v) is 3.67. The molecule has 1 heterocycles. The molecular formula is C13H20Cl2N2O. The van der Waals surface area contributed by atoms with E-state index in [-0.39, 0.29) is 12.4 Å². The van der Waals surface area contributed by atoms with Crippen LogP contribution in [0.25, 0.3) is 0 Å². The van der Waals surface area contributed by atoms with Gasteiger partial charge in [0.05, 0.1) is 12.1 Å². The fraction of sp³-hybridized carbons (Fsp3) is 0.538. The molecule has 1 unspecified atom stereocenters. The zero-order valence-corrected chi connectivity index (χ0v) is 12.1. The molecule has 0 bridgehead atoms. The van der Waals surface area contributed by atoms with Crippen molar-refractivity contribution >= 4 is 24.0 Å². The van der Waals surface area contributed by atoms with E-state index in [9.17, 15) is 0 Å². The van der Waals surface area contributed by atoms with Crippen LogP contribution in [-0.4, -0.2) is 31.1 Å². The molecule has 1 aliphatic heterocycles. The number of nitrogens with two attached hydrogens (primary N) is 1. The van der Waals surface area contributed by atoms with E-state index in [1.165, 1.54) is 18.4 Å². The Hall–Kier alpha value is -0.480. The van der Waals surface area contributed by atoms with Gasteiger partial charge < -0.3 is 10.5 Å². The number of methoxy groups -OCH3 is 1. The first-order chi connectivity index (χ1) is 8.24. The lowest BCUT2D eigenvalue weighted by Gasteiger charge is -2.23. The van der Waals surface area contributed by atoms with E-state index in [1.54, 1.807) is 7.11 Å². The summed E-state index contributed by atoms with van der Waals surface area (Å²) >= 11 is 6.12. The van der Waals surface area contributed by atoms with E-state index in [1.807, 2.05) is 12.1 Å². The van der Waals surface area contributed by atoms with Crippen LogP contribution in [-0.2, 0) is 6.54 Å². The lowest BCUT2D eigenvalue weighted by molar-refractivity contribution is 0.250. The SMILES string of the molecule is COc1ccc(CN2CCCC2CN)cc1Cl.Cl. The molecule has 1 aromatic carbocycles. The number of halogens is 2. The minimum atomic E-state index is 0. The first kappa shape index (κ1) is 15.6. The van der Waals surface area contributed by atoms with Crippen molar-refractivity contribution in [3.63, 3.8) is 0 Å². The van der Waals surface area contributed by atoms with Crippen molar-refractivity contribution in [1.29, 1.82) is 0 Å². The maximum atomic E-state index is 6.12. The molecule has 0 radical (unpaired) electrons. The van der Waals surface area contributed by atoms with Crippen molar-refractivity contribution in [3.05, 3.63) is 28.8 Å². The standard InChI is InChI=1S/C13H19ClN2O.ClH/c1-17-13-5-4-10(7-12(13)14)9-16-6-2-3-11(16)8-15;/h4-5,7,11H,2-3,6,8-9,15H2,1H3;1H. The highest BCUT2D eigenvalue weighted by Crippen LogP contribution is 2.27. The highest BCUT2D eigenvalue weighted by Gasteiger charge is 2.22. The molecule has 0 spiro atoms. The molecule has 3 nitrogen and oxygen atoms in total. The van der Waals surface area contributed by atoms with Gasteiger partial charge in [-0.25, -0.2) is 0 Å². The van der Waals surface area contributed by atoms with E-state index < -0.39 is 0 Å². The van der Waals surface area contributed by atoms with Gasteiger partial charge in [0.1, 0.15) is 5.75 Å². The van der Waals surface area contributed by atoms with Crippen LogP contribution < -0.4 is 10.5 Å². The highest BCUT2D eigenvalue weighted by molar-refractivity contribution is 6.32. The molecule has 0 saturated carbocycles. The molecule has 1 aromatic rings. The summed E-state index contributed by atoms with van der Waals surface area (Å²) in [7, 11) is 1.63. The third kappa shape index (κ3) is 3.51. The largest absolute Gasteiger partial charge is 0.495 e. The number of ether oxygens (including phenoxy) is 1. The second kappa shape index (κ2) is 7.19. The smallest absolute Gasteiger partial charge is 0.137 e. The molecule has 0 amide bonds. The van der Waals surface area contributed by atoms with Gasteiger partial charge in [0.15, 0.2) is 0 Å². The Balaban J connectivity index is 0.00000162. The fourth-order valence-electron chi connectivity index (χ4n) is 2.41. The van der Waals surface area contributed by atoms with Crippen LogP contribution in [0, 0.1) is 0 Å². The number of benzene rings is 1. The van der Waals surface area contributed by atoms with Crippen molar-refractivity contribution in [2.24, 2.45) is 5.73 Å². The lowest BCUT2D eigenvalue weighted by Crippen LogP contribution is -2.34. The average Bonchev–Trinajstić information content (AvgIpc) is 2.76. The lowest BCUT2D eigenvalue weighted by atomic mass is 10.1. The normalized spacial score (nSPS) is 19.6. The van der Waals surface area contributed by atoms with Crippen LogP contribution in [0.5, 0.6) is 5.75 Å². The Labute approximate surface area is 120 Å². The molecule has 1 saturated heterocycles. The molecule has 0 aliphatic carbocycles. The van der Waals surface area contributed by atoms with Gasteiger partial charge in [-0.2, -0.15) is 0 Å². The molecule has 0 aromatic heterocycles. The van der Waals surface area contributed by atoms with Crippen LogP contribution in [0.3, 0.4) is 0 Å². The number of hydrogen-bond donors (Lipinski definition) is 1. The van der Waals surface area contributed by atoms with Crippen molar-refractivity contribution < 1.29 is 4.74 Å². The van der Waals surface area contributed by atoms with E-state index >= 15 is 0 Å². The molecule has 2 rings (SSSR count). The summed E-state index contributed by atoms with van der Waals surface area (Å²) in [4.78, 5) is 2.43. The summed E-state index contributed by atoms with van der Waals surface area (Å²) in [6.07, 6.45) is 2.45. The van der Waals surface area contributed by atoms with Crippen LogP contribution in [0.1, 0.15) is 18.4 Å². The van der Waals surface area contributed by atoms with Crippen LogP contribution >= 0.6 is 24.0 Å². The molecular weight excluding hydrogens is 271 g/mol. The minimum Gasteiger partial charge on any atom is -0.495 e. The summed E-state index contributed by atoms with van der Waals surface area (Å²) in [6, 6.07) is 6.49. The predicted octanol–water partition coefficient (Wildman–Crippen LogP) is 2.69. The Bertz CT molecular complexity index is 387. The maximum absolute atomic E-state index is 6.12. The zero-order valence-electron chi connectivity index (χ0n) is 10.6. The van der Waals surface area contributed by atoms with E-state index in [0.717, 1.165) is 25.4 Å². The first-order valence-electron chi connectivity index (χ1n) is 6.01. The number of nitrogens with zero attached hydrogens (tertiary/aromatic N) is 1. The van der Waals surface area contributed by atoms with Crippen molar-refractivity contribution in [2.75, 3.05) is 20.2 Å². The topological polar surface area (TPSA) is 38.5 Å². The van der Waals surface area contributed by atoms with Crippen LogP contribution in [0.2, 0.25) is 5.02 Å². The molecule has 1 aliphatic rings. The van der Waals surface area contributed by atoms with Crippen molar-refractivity contribution in [1.82, 2.24) is 4.90 Å². The molecule has 18 heavy (non-hydrogen) atoms. The third-order valence-electron chi connectivity index (χ3n) is 3.37. The van der Waals surface area contributed by atoms with Crippen LogP contribution in [0.15, 0.2) is 18.2 Å². The Kier molecular flexibility index (Phi) is 6.22. The summed E-state index contributed by atoms with van der Waals surface area (Å²) in [5.74, 6) is 0.729. The molecule has 102 valence electrons. The highest BCUT2D eigenvalue weighted by atomic mass is 35.5. The van der Waals surface area contributed by atoms with Gasteiger partial charge in [0, 0.05) is 19.1 Å². The summed E-state index contributed by atoms with van der Waals surface area (Å²) in [6.45, 7) is 2.79. The molecule has 2 N–H and O–H groups in total. The fourth-order valence-corrected chi connectivity index (χ4v) is 2.69. The van der Waals surface area contributed by atoms with Gasteiger partial charge in [0.2, 0.25) is 0 Å². The predicted molar refractivity (Wildman–Crippen MR) is 77.7 cm³/mol. The number of hydrogen-bond acceptors (Lipinski definition) is 3. The summed E-state index contributed by atoms with van der Waals surface area (Å²) in [5.41, 5.74) is 6.98. The van der Waals surface area contributed by atoms with Gasteiger partial charge >= 0.3 is 0 Å². The van der Waals surface area contributed by atoms with Gasteiger partial charge in [-0.15, -0.1) is 12.4 Å². The van der Waals surface area contributed by atoms with E-state index in [4.69, 9.17) is 22.1 Å². The van der Waals surface area contributed by atoms with Crippen molar-refractivity contribution in [2.45, 2.75) is 25.4 Å². The summed E-state index contributed by atoms with van der Waals surface area (Å²) < 4.78 is 5.15. The monoisotopic (exact) mass is 290 g/mol. The Morgan fingerprint density at radius 3 is 2.89 bits per heavy atom. The molecule has 5 heteroatoms. The minimum absolute atomic E-state index is 0. The van der Waals surface area contributed by atoms with Crippen LogP contribution in [0.4, 0.5) is 0 Å². The summed E-state index contributed by atoms with van der Waals surface area (Å²) in [5, 5.41) is 0.675. The Morgan fingerprint density at radius 2 is 2.28 bits per heavy atom. The van der Waals surface area contributed by atoms with E-state index in [2.05, 4.69) is 11.0 Å².